The van der Waals surface area contributed by atoms with Gasteiger partial charge in [0.1, 0.15) is 17.8 Å². The second-order valence-electron chi connectivity index (χ2n) is 6.85. The molecule has 2 aromatic heterocycles. The molecule has 0 saturated heterocycles. The average molecular weight is 397 g/mol. The van der Waals surface area contributed by atoms with Crippen molar-refractivity contribution in [2.24, 2.45) is 7.05 Å². The van der Waals surface area contributed by atoms with Gasteiger partial charge in [-0.2, -0.15) is 5.10 Å². The van der Waals surface area contributed by atoms with Gasteiger partial charge in [0.25, 0.3) is 5.56 Å². The SMILES string of the molecule is CCc1cccc(OCCCNC(=O)Cn2cnc3c(CC)nn(C)c3c2=O)c1. The number of aryl methyl sites for hydroxylation is 3. The molecule has 8 nitrogen and oxygen atoms in total. The molecule has 0 atom stereocenters. The standard InChI is InChI=1S/C21H27N5O3/c1-4-15-8-6-9-16(12-15)29-11-7-10-22-18(27)13-26-14-23-19-17(5-2)24-25(3)20(19)21(26)28/h6,8-9,12,14H,4-5,7,10-11,13H2,1-3H3,(H,22,27). The normalized spacial score (nSPS) is 11.0. The maximum absolute atomic E-state index is 12.7. The Morgan fingerprint density at radius 1 is 1.24 bits per heavy atom. The Hall–Kier alpha value is -3.16. The van der Waals surface area contributed by atoms with Gasteiger partial charge in [-0.05, 0) is 37.0 Å². The first-order valence-corrected chi connectivity index (χ1v) is 9.93. The molecule has 0 unspecified atom stereocenters. The quantitative estimate of drug-likeness (QED) is 0.557. The molecular formula is C21H27N5O3. The van der Waals surface area contributed by atoms with Gasteiger partial charge in [-0.15, -0.1) is 0 Å². The zero-order valence-electron chi connectivity index (χ0n) is 17.1. The molecule has 2 heterocycles. The third-order valence-electron chi connectivity index (χ3n) is 4.75. The fourth-order valence-electron chi connectivity index (χ4n) is 3.17. The number of ether oxygens (including phenoxy) is 1. The van der Waals surface area contributed by atoms with Crippen LogP contribution in [-0.2, 0) is 31.2 Å². The highest BCUT2D eigenvalue weighted by Crippen LogP contribution is 2.14. The van der Waals surface area contributed by atoms with Crippen LogP contribution in [0.4, 0.5) is 0 Å². The Labute approximate surface area is 169 Å². The lowest BCUT2D eigenvalue weighted by molar-refractivity contribution is -0.121. The zero-order chi connectivity index (χ0) is 20.8. The van der Waals surface area contributed by atoms with Gasteiger partial charge in [-0.25, -0.2) is 4.98 Å². The summed E-state index contributed by atoms with van der Waals surface area (Å²) in [5.41, 5.74) is 2.76. The van der Waals surface area contributed by atoms with Crippen LogP contribution in [0, 0.1) is 0 Å². The molecule has 0 bridgehead atoms. The molecule has 29 heavy (non-hydrogen) atoms. The van der Waals surface area contributed by atoms with E-state index < -0.39 is 0 Å². The van der Waals surface area contributed by atoms with Crippen LogP contribution < -0.4 is 15.6 Å². The van der Waals surface area contributed by atoms with Crippen LogP contribution in [-0.4, -0.2) is 38.4 Å². The van der Waals surface area contributed by atoms with Crippen molar-refractivity contribution >= 4 is 16.9 Å². The lowest BCUT2D eigenvalue weighted by Gasteiger charge is -2.09. The summed E-state index contributed by atoms with van der Waals surface area (Å²) in [4.78, 5) is 29.2. The molecule has 154 valence electrons. The summed E-state index contributed by atoms with van der Waals surface area (Å²) in [6, 6.07) is 7.99. The Bertz CT molecular complexity index is 1050. The monoisotopic (exact) mass is 397 g/mol. The molecule has 0 aliphatic carbocycles. The number of carbonyl (C=O) groups is 1. The van der Waals surface area contributed by atoms with E-state index in [0.29, 0.717) is 37.0 Å². The van der Waals surface area contributed by atoms with E-state index in [1.54, 1.807) is 7.05 Å². The summed E-state index contributed by atoms with van der Waals surface area (Å²) in [7, 11) is 1.71. The molecule has 8 heteroatoms. The van der Waals surface area contributed by atoms with Crippen LogP contribution in [0.15, 0.2) is 35.4 Å². The van der Waals surface area contributed by atoms with Gasteiger partial charge in [0.15, 0.2) is 5.52 Å². The van der Waals surface area contributed by atoms with Crippen LogP contribution >= 0.6 is 0 Å². The van der Waals surface area contributed by atoms with E-state index in [0.717, 1.165) is 17.9 Å². The predicted molar refractivity (Wildman–Crippen MR) is 111 cm³/mol. The van der Waals surface area contributed by atoms with Crippen molar-refractivity contribution in [3.05, 3.63) is 52.2 Å². The molecule has 1 N–H and O–H groups in total. The summed E-state index contributed by atoms with van der Waals surface area (Å²) >= 11 is 0. The molecule has 0 fully saturated rings. The molecule has 1 amide bonds. The Morgan fingerprint density at radius 3 is 2.83 bits per heavy atom. The Balaban J connectivity index is 1.50. The third kappa shape index (κ3) is 4.82. The van der Waals surface area contributed by atoms with Crippen LogP contribution in [0.25, 0.3) is 11.0 Å². The minimum atomic E-state index is -0.265. The number of nitrogens with one attached hydrogen (secondary N) is 1. The smallest absolute Gasteiger partial charge is 0.279 e. The van der Waals surface area contributed by atoms with E-state index in [2.05, 4.69) is 28.4 Å². The molecule has 0 saturated carbocycles. The highest BCUT2D eigenvalue weighted by Gasteiger charge is 2.15. The maximum Gasteiger partial charge on any atom is 0.279 e. The van der Waals surface area contributed by atoms with Crippen molar-refractivity contribution in [2.75, 3.05) is 13.2 Å². The number of aromatic nitrogens is 4. The molecule has 0 spiro atoms. The molecule has 0 radical (unpaired) electrons. The van der Waals surface area contributed by atoms with Gasteiger partial charge in [0, 0.05) is 13.6 Å². The van der Waals surface area contributed by atoms with E-state index in [-0.39, 0.29) is 18.0 Å². The van der Waals surface area contributed by atoms with Gasteiger partial charge in [-0.3, -0.25) is 18.8 Å². The minimum Gasteiger partial charge on any atom is -0.494 e. The summed E-state index contributed by atoms with van der Waals surface area (Å²) in [5, 5.41) is 7.14. The number of rotatable bonds is 9. The van der Waals surface area contributed by atoms with Gasteiger partial charge >= 0.3 is 0 Å². The average Bonchev–Trinajstić information content (AvgIpc) is 3.06. The van der Waals surface area contributed by atoms with Crippen molar-refractivity contribution < 1.29 is 9.53 Å². The number of hydrogen-bond acceptors (Lipinski definition) is 5. The van der Waals surface area contributed by atoms with Gasteiger partial charge in [0.05, 0.1) is 18.6 Å². The van der Waals surface area contributed by atoms with Crippen molar-refractivity contribution in [3.63, 3.8) is 0 Å². The van der Waals surface area contributed by atoms with Crippen LogP contribution in [0.2, 0.25) is 0 Å². The first kappa shape index (κ1) is 20.6. The first-order valence-electron chi connectivity index (χ1n) is 9.93. The van der Waals surface area contributed by atoms with E-state index in [9.17, 15) is 9.59 Å². The first-order chi connectivity index (χ1) is 14.0. The second kappa shape index (κ2) is 9.36. The van der Waals surface area contributed by atoms with Crippen LogP contribution in [0.1, 0.15) is 31.5 Å². The van der Waals surface area contributed by atoms with Crippen LogP contribution in [0.5, 0.6) is 5.75 Å². The van der Waals surface area contributed by atoms with E-state index >= 15 is 0 Å². The minimum absolute atomic E-state index is 0.0756. The highest BCUT2D eigenvalue weighted by atomic mass is 16.5. The van der Waals surface area contributed by atoms with Crippen molar-refractivity contribution in [1.29, 1.82) is 0 Å². The summed E-state index contributed by atoms with van der Waals surface area (Å²) in [6.07, 6.45) is 3.75. The van der Waals surface area contributed by atoms with Crippen molar-refractivity contribution in [1.82, 2.24) is 24.6 Å². The fourth-order valence-corrected chi connectivity index (χ4v) is 3.17. The van der Waals surface area contributed by atoms with E-state index in [1.165, 1.54) is 21.1 Å². The molecule has 3 rings (SSSR count). The number of amides is 1. The van der Waals surface area contributed by atoms with E-state index in [1.807, 2.05) is 25.1 Å². The second-order valence-corrected chi connectivity index (χ2v) is 6.85. The number of benzene rings is 1. The summed E-state index contributed by atoms with van der Waals surface area (Å²) in [5.74, 6) is 0.600. The molecule has 0 aliphatic heterocycles. The molecule has 0 aliphatic rings. The number of fused-ring (bicyclic) bond motifs is 1. The zero-order valence-corrected chi connectivity index (χ0v) is 17.1. The van der Waals surface area contributed by atoms with Crippen molar-refractivity contribution in [2.45, 2.75) is 39.7 Å². The lowest BCUT2D eigenvalue weighted by Crippen LogP contribution is -2.33. The largest absolute Gasteiger partial charge is 0.494 e. The molecule has 1 aromatic carbocycles. The van der Waals surface area contributed by atoms with Gasteiger partial charge < -0.3 is 10.1 Å². The topological polar surface area (TPSA) is 91.0 Å². The third-order valence-corrected chi connectivity index (χ3v) is 4.75. The number of hydrogen-bond donors (Lipinski definition) is 1. The Kier molecular flexibility index (Phi) is 6.64. The Morgan fingerprint density at radius 2 is 2.07 bits per heavy atom. The lowest BCUT2D eigenvalue weighted by atomic mass is 10.2. The summed E-state index contributed by atoms with van der Waals surface area (Å²) < 4.78 is 8.56. The highest BCUT2D eigenvalue weighted by molar-refractivity contribution is 5.78. The predicted octanol–water partition coefficient (Wildman–Crippen LogP) is 1.84. The summed E-state index contributed by atoms with van der Waals surface area (Å²) in [6.45, 7) is 4.98. The molecule has 3 aromatic rings. The fraction of sp³-hybridized carbons (Fsp3) is 0.429. The van der Waals surface area contributed by atoms with Gasteiger partial charge in [-0.1, -0.05) is 26.0 Å². The maximum atomic E-state index is 12.7. The van der Waals surface area contributed by atoms with Gasteiger partial charge in [0.2, 0.25) is 5.91 Å². The number of carbonyl (C=O) groups excluding carboxylic acids is 1. The van der Waals surface area contributed by atoms with Crippen LogP contribution in [0.3, 0.4) is 0 Å². The number of nitrogens with zero attached hydrogens (tertiary/aromatic N) is 4. The van der Waals surface area contributed by atoms with Crippen molar-refractivity contribution in [3.8, 4) is 5.75 Å². The van der Waals surface area contributed by atoms with E-state index in [4.69, 9.17) is 4.74 Å². The molecular weight excluding hydrogens is 370 g/mol.